The number of nitrogens with one attached hydrogen (secondary N) is 1. The Morgan fingerprint density at radius 1 is 1.35 bits per heavy atom. The number of nitrogens with two attached hydrogens (primary N) is 1. The normalized spacial score (nSPS) is 19.8. The van der Waals surface area contributed by atoms with Crippen LogP contribution in [0.2, 0.25) is 0 Å². The molecule has 0 spiro atoms. The minimum absolute atomic E-state index is 0. The third-order valence-electron chi connectivity index (χ3n) is 3.41. The zero-order chi connectivity index (χ0) is 13.5. The molecule has 1 aliphatic heterocycles. The Hall–Kier alpha value is -1.10. The van der Waals surface area contributed by atoms with Gasteiger partial charge in [-0.15, -0.1) is 12.4 Å². The van der Waals surface area contributed by atoms with Gasteiger partial charge in [-0.2, -0.15) is 0 Å². The maximum Gasteiger partial charge on any atom is 0.237 e. The van der Waals surface area contributed by atoms with Crippen LogP contribution in [0.15, 0.2) is 30.3 Å². The van der Waals surface area contributed by atoms with Crippen LogP contribution in [0, 0.1) is 0 Å². The molecule has 20 heavy (non-hydrogen) atoms. The van der Waals surface area contributed by atoms with Crippen LogP contribution in [0.1, 0.15) is 24.8 Å². The minimum atomic E-state index is -0.494. The predicted octanol–water partition coefficient (Wildman–Crippen LogP) is 1.66. The SMILES string of the molecule is Cl.NC(Cc1ccccc1)C(=O)NCC1CCCCO1. The summed E-state index contributed by atoms with van der Waals surface area (Å²) in [6.45, 7) is 1.37. The van der Waals surface area contributed by atoms with Crippen molar-refractivity contribution in [1.82, 2.24) is 5.32 Å². The third kappa shape index (κ3) is 5.49. The number of ether oxygens (including phenoxy) is 1. The van der Waals surface area contributed by atoms with Crippen molar-refractivity contribution < 1.29 is 9.53 Å². The first kappa shape index (κ1) is 17.0. The maximum absolute atomic E-state index is 11.9. The molecule has 112 valence electrons. The lowest BCUT2D eigenvalue weighted by Crippen LogP contribution is -2.45. The molecule has 2 unspecified atom stereocenters. The number of hydrogen-bond acceptors (Lipinski definition) is 3. The van der Waals surface area contributed by atoms with E-state index in [1.54, 1.807) is 0 Å². The summed E-state index contributed by atoms with van der Waals surface area (Å²) in [6, 6.07) is 9.33. The van der Waals surface area contributed by atoms with Crippen molar-refractivity contribution in [2.45, 2.75) is 37.8 Å². The maximum atomic E-state index is 11.9. The summed E-state index contributed by atoms with van der Waals surface area (Å²) < 4.78 is 5.57. The zero-order valence-electron chi connectivity index (χ0n) is 11.6. The molecule has 5 heteroatoms. The molecule has 1 saturated heterocycles. The second kappa shape index (κ2) is 8.95. The molecular weight excluding hydrogens is 276 g/mol. The molecule has 2 rings (SSSR count). The second-order valence-electron chi connectivity index (χ2n) is 5.03. The summed E-state index contributed by atoms with van der Waals surface area (Å²) in [5.41, 5.74) is 6.99. The molecule has 1 heterocycles. The van der Waals surface area contributed by atoms with Crippen LogP contribution in [-0.2, 0) is 16.0 Å². The summed E-state index contributed by atoms with van der Waals surface area (Å²) in [5.74, 6) is -0.0990. The zero-order valence-corrected chi connectivity index (χ0v) is 12.4. The van der Waals surface area contributed by atoms with Gasteiger partial charge in [0.2, 0.25) is 5.91 Å². The van der Waals surface area contributed by atoms with Crippen LogP contribution in [0.25, 0.3) is 0 Å². The molecule has 0 bridgehead atoms. The van der Waals surface area contributed by atoms with Crippen LogP contribution in [-0.4, -0.2) is 31.2 Å². The van der Waals surface area contributed by atoms with Gasteiger partial charge < -0.3 is 15.8 Å². The highest BCUT2D eigenvalue weighted by Gasteiger charge is 2.18. The summed E-state index contributed by atoms with van der Waals surface area (Å²) in [5, 5.41) is 2.88. The van der Waals surface area contributed by atoms with Gasteiger partial charge in [-0.3, -0.25) is 4.79 Å². The first-order chi connectivity index (χ1) is 9.25. The van der Waals surface area contributed by atoms with Crippen LogP contribution >= 0.6 is 12.4 Å². The number of benzene rings is 1. The van der Waals surface area contributed by atoms with E-state index in [0.29, 0.717) is 13.0 Å². The van der Waals surface area contributed by atoms with Gasteiger partial charge >= 0.3 is 0 Å². The highest BCUT2D eigenvalue weighted by Crippen LogP contribution is 2.11. The smallest absolute Gasteiger partial charge is 0.237 e. The molecule has 0 aliphatic carbocycles. The fourth-order valence-corrected chi connectivity index (χ4v) is 2.27. The number of halogens is 1. The topological polar surface area (TPSA) is 64.4 Å². The van der Waals surface area contributed by atoms with Crippen molar-refractivity contribution in [3.63, 3.8) is 0 Å². The first-order valence-electron chi connectivity index (χ1n) is 6.94. The molecule has 0 radical (unpaired) electrons. The van der Waals surface area contributed by atoms with E-state index in [-0.39, 0.29) is 24.4 Å². The monoisotopic (exact) mass is 298 g/mol. The molecular formula is C15H23ClN2O2. The molecule has 1 fully saturated rings. The van der Waals surface area contributed by atoms with E-state index in [0.717, 1.165) is 25.0 Å². The quantitative estimate of drug-likeness (QED) is 0.869. The van der Waals surface area contributed by atoms with Crippen molar-refractivity contribution in [3.8, 4) is 0 Å². The lowest BCUT2D eigenvalue weighted by Gasteiger charge is -2.23. The number of carbonyl (C=O) groups is 1. The average molecular weight is 299 g/mol. The predicted molar refractivity (Wildman–Crippen MR) is 82.0 cm³/mol. The fraction of sp³-hybridized carbons (Fsp3) is 0.533. The summed E-state index contributed by atoms with van der Waals surface area (Å²) in [7, 11) is 0. The van der Waals surface area contributed by atoms with Crippen molar-refractivity contribution in [1.29, 1.82) is 0 Å². The van der Waals surface area contributed by atoms with Crippen molar-refractivity contribution in [2.75, 3.05) is 13.2 Å². The second-order valence-corrected chi connectivity index (χ2v) is 5.03. The number of amides is 1. The minimum Gasteiger partial charge on any atom is -0.376 e. The highest BCUT2D eigenvalue weighted by molar-refractivity contribution is 5.85. The van der Waals surface area contributed by atoms with Crippen molar-refractivity contribution in [2.24, 2.45) is 5.73 Å². The van der Waals surface area contributed by atoms with Gasteiger partial charge in [0, 0.05) is 13.2 Å². The van der Waals surface area contributed by atoms with E-state index in [1.165, 1.54) is 6.42 Å². The Morgan fingerprint density at radius 2 is 2.10 bits per heavy atom. The number of hydrogen-bond donors (Lipinski definition) is 2. The third-order valence-corrected chi connectivity index (χ3v) is 3.41. The largest absolute Gasteiger partial charge is 0.376 e. The summed E-state index contributed by atoms with van der Waals surface area (Å²) >= 11 is 0. The lowest BCUT2D eigenvalue weighted by atomic mass is 10.1. The Morgan fingerprint density at radius 3 is 2.75 bits per heavy atom. The Bertz CT molecular complexity index is 394. The number of rotatable bonds is 5. The van der Waals surface area contributed by atoms with E-state index in [9.17, 15) is 4.79 Å². The van der Waals surface area contributed by atoms with Crippen molar-refractivity contribution in [3.05, 3.63) is 35.9 Å². The van der Waals surface area contributed by atoms with Crippen LogP contribution in [0.5, 0.6) is 0 Å². The molecule has 1 aromatic rings. The van der Waals surface area contributed by atoms with E-state index < -0.39 is 6.04 Å². The van der Waals surface area contributed by atoms with Gasteiger partial charge in [0.15, 0.2) is 0 Å². The highest BCUT2D eigenvalue weighted by atomic mass is 35.5. The number of carbonyl (C=O) groups excluding carboxylic acids is 1. The van der Waals surface area contributed by atoms with Gasteiger partial charge in [0.1, 0.15) is 0 Å². The van der Waals surface area contributed by atoms with E-state index in [2.05, 4.69) is 5.32 Å². The Balaban J connectivity index is 0.00000200. The van der Waals surface area contributed by atoms with Crippen LogP contribution < -0.4 is 11.1 Å². The van der Waals surface area contributed by atoms with Gasteiger partial charge in [0.25, 0.3) is 0 Å². The Kier molecular flexibility index (Phi) is 7.59. The average Bonchev–Trinajstić information content (AvgIpc) is 2.47. The van der Waals surface area contributed by atoms with Crippen LogP contribution in [0.4, 0.5) is 0 Å². The lowest BCUT2D eigenvalue weighted by molar-refractivity contribution is -0.123. The van der Waals surface area contributed by atoms with Crippen molar-refractivity contribution >= 4 is 18.3 Å². The summed E-state index contributed by atoms with van der Waals surface area (Å²) in [6.07, 6.45) is 4.04. The molecule has 1 amide bonds. The standard InChI is InChI=1S/C15H22N2O2.ClH/c16-14(10-12-6-2-1-3-7-12)15(18)17-11-13-8-4-5-9-19-13;/h1-3,6-7,13-14H,4-5,8-11,16H2,(H,17,18);1H. The summed E-state index contributed by atoms with van der Waals surface area (Å²) in [4.78, 5) is 11.9. The van der Waals surface area contributed by atoms with E-state index in [4.69, 9.17) is 10.5 Å². The van der Waals surface area contributed by atoms with Gasteiger partial charge in [-0.05, 0) is 31.2 Å². The van der Waals surface area contributed by atoms with E-state index in [1.807, 2.05) is 30.3 Å². The first-order valence-corrected chi connectivity index (χ1v) is 6.94. The van der Waals surface area contributed by atoms with E-state index >= 15 is 0 Å². The molecule has 1 aromatic carbocycles. The molecule has 0 saturated carbocycles. The van der Waals surface area contributed by atoms with Gasteiger partial charge in [0.05, 0.1) is 12.1 Å². The van der Waals surface area contributed by atoms with Gasteiger partial charge in [-0.1, -0.05) is 30.3 Å². The molecule has 4 nitrogen and oxygen atoms in total. The van der Waals surface area contributed by atoms with Gasteiger partial charge in [-0.25, -0.2) is 0 Å². The fourth-order valence-electron chi connectivity index (χ4n) is 2.27. The molecule has 2 atom stereocenters. The molecule has 3 N–H and O–H groups in total. The molecule has 1 aliphatic rings. The Labute approximate surface area is 126 Å². The molecule has 0 aromatic heterocycles. The van der Waals surface area contributed by atoms with Crippen LogP contribution in [0.3, 0.4) is 0 Å².